The molecule has 0 fully saturated rings. The van der Waals surface area contributed by atoms with Crippen LogP contribution in [0.5, 0.6) is 0 Å². The highest BCUT2D eigenvalue weighted by atomic mass is 32.2. The van der Waals surface area contributed by atoms with Gasteiger partial charge in [-0.1, -0.05) is 38.5 Å². The van der Waals surface area contributed by atoms with E-state index in [1.807, 2.05) is 11.8 Å². The van der Waals surface area contributed by atoms with Crippen LogP contribution in [0, 0.1) is 19.3 Å². The van der Waals surface area contributed by atoms with Crippen molar-refractivity contribution in [3.8, 4) is 0 Å². The lowest BCUT2D eigenvalue weighted by molar-refractivity contribution is 0.398. The molecule has 0 radical (unpaired) electrons. The van der Waals surface area contributed by atoms with Gasteiger partial charge in [-0.2, -0.15) is 0 Å². The zero-order valence-electron chi connectivity index (χ0n) is 11.0. The molecule has 2 N–H and O–H groups in total. The minimum Gasteiger partial charge on any atom is -0.329 e. The van der Waals surface area contributed by atoms with Crippen molar-refractivity contribution in [1.82, 2.24) is 0 Å². The fourth-order valence-corrected chi connectivity index (χ4v) is 2.81. The second-order valence-electron chi connectivity index (χ2n) is 5.48. The quantitative estimate of drug-likeness (QED) is 0.810. The van der Waals surface area contributed by atoms with Gasteiger partial charge in [0.25, 0.3) is 0 Å². The molecule has 16 heavy (non-hydrogen) atoms. The van der Waals surface area contributed by atoms with E-state index in [1.54, 1.807) is 0 Å². The van der Waals surface area contributed by atoms with Gasteiger partial charge in [0.1, 0.15) is 0 Å². The molecule has 1 aromatic carbocycles. The number of rotatable bonds is 3. The van der Waals surface area contributed by atoms with Gasteiger partial charge in [0.2, 0.25) is 0 Å². The Morgan fingerprint density at radius 1 is 1.25 bits per heavy atom. The molecule has 0 saturated heterocycles. The van der Waals surface area contributed by atoms with E-state index in [-0.39, 0.29) is 5.41 Å². The highest BCUT2D eigenvalue weighted by molar-refractivity contribution is 8.00. The molecule has 1 rings (SSSR count). The van der Waals surface area contributed by atoms with Crippen LogP contribution >= 0.6 is 11.8 Å². The number of thioether (sulfide) groups is 1. The Labute approximate surface area is 104 Å². The summed E-state index contributed by atoms with van der Waals surface area (Å²) in [7, 11) is 0. The van der Waals surface area contributed by atoms with Crippen LogP contribution in [0.1, 0.15) is 31.9 Å². The Morgan fingerprint density at radius 2 is 1.88 bits per heavy atom. The van der Waals surface area contributed by atoms with E-state index in [2.05, 4.69) is 52.8 Å². The van der Waals surface area contributed by atoms with Gasteiger partial charge < -0.3 is 5.73 Å². The number of aryl methyl sites for hydroxylation is 2. The zero-order valence-corrected chi connectivity index (χ0v) is 11.8. The van der Waals surface area contributed by atoms with Crippen molar-refractivity contribution in [3.05, 3.63) is 29.3 Å². The SMILES string of the molecule is Cc1ccc(SC(CN)C(C)(C)C)c(C)c1. The first-order chi connectivity index (χ1) is 7.34. The minimum absolute atomic E-state index is 0.247. The normalized spacial score (nSPS) is 13.9. The second kappa shape index (κ2) is 5.24. The van der Waals surface area contributed by atoms with E-state index in [4.69, 9.17) is 5.73 Å². The molecule has 0 aromatic heterocycles. The third kappa shape index (κ3) is 3.53. The Balaban J connectivity index is 2.86. The van der Waals surface area contributed by atoms with Gasteiger partial charge in [-0.3, -0.25) is 0 Å². The average molecular weight is 237 g/mol. The molecule has 0 aliphatic rings. The van der Waals surface area contributed by atoms with Crippen molar-refractivity contribution in [2.75, 3.05) is 6.54 Å². The minimum atomic E-state index is 0.247. The summed E-state index contributed by atoms with van der Waals surface area (Å²) in [6.07, 6.45) is 0. The molecular formula is C14H23NS. The highest BCUT2D eigenvalue weighted by Crippen LogP contribution is 2.36. The van der Waals surface area contributed by atoms with Gasteiger partial charge in [0, 0.05) is 16.7 Å². The number of hydrogen-bond acceptors (Lipinski definition) is 2. The molecule has 0 heterocycles. The van der Waals surface area contributed by atoms with Crippen LogP contribution in [0.4, 0.5) is 0 Å². The van der Waals surface area contributed by atoms with E-state index < -0.39 is 0 Å². The van der Waals surface area contributed by atoms with Crippen LogP contribution in [-0.2, 0) is 0 Å². The topological polar surface area (TPSA) is 26.0 Å². The predicted molar refractivity (Wildman–Crippen MR) is 74.1 cm³/mol. The zero-order chi connectivity index (χ0) is 12.3. The Kier molecular flexibility index (Phi) is 4.45. The first kappa shape index (κ1) is 13.6. The fraction of sp³-hybridized carbons (Fsp3) is 0.571. The molecule has 0 bridgehead atoms. The monoisotopic (exact) mass is 237 g/mol. The van der Waals surface area contributed by atoms with Gasteiger partial charge in [0.05, 0.1) is 0 Å². The predicted octanol–water partition coefficient (Wildman–Crippen LogP) is 3.77. The molecule has 0 spiro atoms. The van der Waals surface area contributed by atoms with E-state index in [0.29, 0.717) is 5.25 Å². The van der Waals surface area contributed by atoms with Crippen molar-refractivity contribution in [2.24, 2.45) is 11.1 Å². The molecule has 1 unspecified atom stereocenters. The summed E-state index contributed by atoms with van der Waals surface area (Å²) in [6, 6.07) is 6.62. The van der Waals surface area contributed by atoms with E-state index >= 15 is 0 Å². The van der Waals surface area contributed by atoms with Crippen LogP contribution in [0.3, 0.4) is 0 Å². The Hall–Kier alpha value is -0.470. The standard InChI is InChI=1S/C14H23NS/c1-10-6-7-12(11(2)8-10)16-13(9-15)14(3,4)5/h6-8,13H,9,15H2,1-5H3. The van der Waals surface area contributed by atoms with Gasteiger partial charge in [-0.25, -0.2) is 0 Å². The summed E-state index contributed by atoms with van der Waals surface area (Å²) in [5.74, 6) is 0. The third-order valence-electron chi connectivity index (χ3n) is 2.78. The molecule has 1 nitrogen and oxygen atoms in total. The Bertz CT molecular complexity index is 352. The first-order valence-corrected chi connectivity index (χ1v) is 6.66. The van der Waals surface area contributed by atoms with Crippen molar-refractivity contribution >= 4 is 11.8 Å². The number of nitrogens with two attached hydrogens (primary N) is 1. The summed E-state index contributed by atoms with van der Waals surface area (Å²) in [5, 5.41) is 0.467. The second-order valence-corrected chi connectivity index (χ2v) is 6.72. The lowest BCUT2D eigenvalue weighted by Gasteiger charge is -2.29. The van der Waals surface area contributed by atoms with Crippen LogP contribution in [0.2, 0.25) is 0 Å². The van der Waals surface area contributed by atoms with Gasteiger partial charge in [0.15, 0.2) is 0 Å². The molecule has 90 valence electrons. The molecule has 0 aliphatic heterocycles. The molecule has 0 aliphatic carbocycles. The Morgan fingerprint density at radius 3 is 2.31 bits per heavy atom. The molecule has 1 aromatic rings. The van der Waals surface area contributed by atoms with Crippen molar-refractivity contribution in [1.29, 1.82) is 0 Å². The molecule has 0 saturated carbocycles. The van der Waals surface area contributed by atoms with E-state index in [0.717, 1.165) is 6.54 Å². The number of hydrogen-bond donors (Lipinski definition) is 1. The van der Waals surface area contributed by atoms with E-state index in [9.17, 15) is 0 Å². The third-order valence-corrected chi connectivity index (χ3v) is 4.68. The first-order valence-electron chi connectivity index (χ1n) is 5.78. The van der Waals surface area contributed by atoms with Crippen LogP contribution in [-0.4, -0.2) is 11.8 Å². The smallest absolute Gasteiger partial charge is 0.0266 e. The maximum Gasteiger partial charge on any atom is 0.0266 e. The number of benzene rings is 1. The van der Waals surface area contributed by atoms with Crippen LogP contribution in [0.25, 0.3) is 0 Å². The summed E-state index contributed by atoms with van der Waals surface area (Å²) < 4.78 is 0. The van der Waals surface area contributed by atoms with Crippen LogP contribution in [0.15, 0.2) is 23.1 Å². The van der Waals surface area contributed by atoms with Crippen molar-refractivity contribution in [2.45, 2.75) is 44.8 Å². The van der Waals surface area contributed by atoms with Crippen molar-refractivity contribution in [3.63, 3.8) is 0 Å². The molecular weight excluding hydrogens is 214 g/mol. The van der Waals surface area contributed by atoms with E-state index in [1.165, 1.54) is 16.0 Å². The summed E-state index contributed by atoms with van der Waals surface area (Å²) in [5.41, 5.74) is 8.79. The molecule has 2 heteroatoms. The molecule has 1 atom stereocenters. The molecule has 0 amide bonds. The summed E-state index contributed by atoms with van der Waals surface area (Å²) >= 11 is 1.91. The lowest BCUT2D eigenvalue weighted by Crippen LogP contribution is -2.30. The maximum absolute atomic E-state index is 5.87. The largest absolute Gasteiger partial charge is 0.329 e. The fourth-order valence-electron chi connectivity index (χ4n) is 1.66. The maximum atomic E-state index is 5.87. The lowest BCUT2D eigenvalue weighted by atomic mass is 9.92. The van der Waals surface area contributed by atoms with Gasteiger partial charge >= 0.3 is 0 Å². The average Bonchev–Trinajstić information content (AvgIpc) is 2.14. The summed E-state index contributed by atoms with van der Waals surface area (Å²) in [6.45, 7) is 11.8. The van der Waals surface area contributed by atoms with Crippen LogP contribution < -0.4 is 5.73 Å². The van der Waals surface area contributed by atoms with Gasteiger partial charge in [-0.15, -0.1) is 11.8 Å². The van der Waals surface area contributed by atoms with Crippen molar-refractivity contribution < 1.29 is 0 Å². The van der Waals surface area contributed by atoms with Gasteiger partial charge in [-0.05, 0) is 30.9 Å². The highest BCUT2D eigenvalue weighted by Gasteiger charge is 2.24. The summed E-state index contributed by atoms with van der Waals surface area (Å²) in [4.78, 5) is 1.36.